The van der Waals surface area contributed by atoms with Gasteiger partial charge < -0.3 is 0 Å². The summed E-state index contributed by atoms with van der Waals surface area (Å²) in [5.41, 5.74) is 0. The predicted octanol–water partition coefficient (Wildman–Crippen LogP) is 5.76. The molecule has 3 aliphatic carbocycles. The molecule has 5 rings (SSSR count). The maximum atomic E-state index is 2.23. The summed E-state index contributed by atoms with van der Waals surface area (Å²) < 4.78 is 0. The summed E-state index contributed by atoms with van der Waals surface area (Å²) in [4.78, 5) is 0. The molecule has 0 N–H and O–H groups in total. The Morgan fingerprint density at radius 1 is 0.517 bits per heavy atom. The zero-order valence-corrected chi connectivity index (χ0v) is 19.0. The van der Waals surface area contributed by atoms with Crippen LogP contribution in [0.2, 0.25) is 0 Å². The van der Waals surface area contributed by atoms with Crippen LogP contribution in [0.1, 0.15) is 0 Å². The van der Waals surface area contributed by atoms with Crippen LogP contribution in [0.3, 0.4) is 0 Å². The van der Waals surface area contributed by atoms with Crippen molar-refractivity contribution in [2.75, 3.05) is 0 Å². The topological polar surface area (TPSA) is 0 Å². The number of allylic oxidation sites excluding steroid dienone is 12. The molecule has 3 aliphatic rings. The Morgan fingerprint density at radius 3 is 1.41 bits per heavy atom. The third-order valence-corrected chi connectivity index (χ3v) is 6.38. The van der Waals surface area contributed by atoms with Gasteiger partial charge in [-0.25, -0.2) is 12.1 Å². The van der Waals surface area contributed by atoms with Crippen molar-refractivity contribution in [2.24, 2.45) is 0 Å². The fraction of sp³-hybridized carbons (Fsp3) is 0. The van der Waals surface area contributed by atoms with Crippen molar-refractivity contribution in [3.63, 3.8) is 0 Å². The first-order valence-electron chi connectivity index (χ1n) is 9.07. The molecule has 29 heavy (non-hydrogen) atoms. The van der Waals surface area contributed by atoms with Crippen LogP contribution in [0.25, 0.3) is 0 Å². The van der Waals surface area contributed by atoms with Gasteiger partial charge in [-0.1, -0.05) is 79.0 Å². The summed E-state index contributed by atoms with van der Waals surface area (Å²) in [6.07, 6.45) is 28.7. The van der Waals surface area contributed by atoms with Gasteiger partial charge in [0, 0.05) is 52.3 Å². The minimum atomic E-state index is -0.372. The molecule has 2 aromatic carbocycles. The fourth-order valence-corrected chi connectivity index (χ4v) is 5.00. The quantitative estimate of drug-likeness (QED) is 0.293. The van der Waals surface area contributed by atoms with Crippen LogP contribution in [0, 0.1) is 12.8 Å². The van der Waals surface area contributed by atoms with E-state index in [9.17, 15) is 0 Å². The second-order valence-electron chi connectivity index (χ2n) is 5.88. The molecule has 0 fully saturated rings. The third-order valence-electron chi connectivity index (χ3n) is 3.93. The maximum Gasteiger partial charge on any atom is 0.142 e. The van der Waals surface area contributed by atoms with E-state index in [1.54, 1.807) is 0 Å². The average molecular weight is 478 g/mol. The van der Waals surface area contributed by atoms with Crippen molar-refractivity contribution in [1.82, 2.24) is 0 Å². The summed E-state index contributed by atoms with van der Waals surface area (Å²) in [6.45, 7) is 0. The molecule has 3 heteroatoms. The average Bonchev–Trinajstić information content (AvgIpc) is 3.55. The molecule has 0 nitrogen and oxygen atoms in total. The van der Waals surface area contributed by atoms with Crippen molar-refractivity contribution < 1.29 is 34.1 Å². The molecule has 0 saturated heterocycles. The van der Waals surface area contributed by atoms with Crippen molar-refractivity contribution in [3.8, 4) is 0 Å². The summed E-state index contributed by atoms with van der Waals surface area (Å²) in [5.74, 6) is 0. The van der Waals surface area contributed by atoms with Crippen LogP contribution < -0.4 is 10.6 Å². The standard InChI is InChI=1S/C16H13P.2C5H5.2Fe/c1-2-8-14(9-3-1)17(15-10-4-5-11-15)16-12-6-7-13-16;2*1-2-4-5-3-1;;/h1-13H;2*1-5H;;. The minimum Gasteiger partial charge on any atom is -0.209 e. The summed E-state index contributed by atoms with van der Waals surface area (Å²) in [7, 11) is -0.372. The first-order valence-corrected chi connectivity index (χ1v) is 10.4. The summed E-state index contributed by atoms with van der Waals surface area (Å²) >= 11 is 0. The van der Waals surface area contributed by atoms with E-state index in [1.165, 1.54) is 15.9 Å². The molecule has 2 radical (unpaired) electrons. The smallest absolute Gasteiger partial charge is 0.142 e. The molecular weight excluding hydrogens is 455 g/mol. The molecule has 2 aromatic rings. The summed E-state index contributed by atoms with van der Waals surface area (Å²) in [5, 5.41) is 4.27. The molecule has 0 amide bonds. The molecule has 0 bridgehead atoms. The molecule has 0 aliphatic heterocycles. The minimum absolute atomic E-state index is 0. The largest absolute Gasteiger partial charge is 0.209 e. The Morgan fingerprint density at radius 2 is 1.00 bits per heavy atom. The zero-order valence-electron chi connectivity index (χ0n) is 15.9. The number of hydrogen-bond acceptors (Lipinski definition) is 0. The van der Waals surface area contributed by atoms with E-state index in [-0.39, 0.29) is 41.7 Å². The van der Waals surface area contributed by atoms with Crippen LogP contribution in [0.4, 0.5) is 0 Å². The van der Waals surface area contributed by atoms with E-state index in [4.69, 9.17) is 0 Å². The van der Waals surface area contributed by atoms with E-state index < -0.39 is 0 Å². The normalized spacial score (nSPS) is 14.5. The molecule has 148 valence electrons. The second kappa shape index (κ2) is 15.1. The van der Waals surface area contributed by atoms with Gasteiger partial charge in [0.2, 0.25) is 0 Å². The Balaban J connectivity index is 0.000000290. The van der Waals surface area contributed by atoms with Crippen LogP contribution in [0.15, 0.2) is 128 Å². The van der Waals surface area contributed by atoms with Crippen LogP contribution >= 0.6 is 7.55 Å². The number of benzene rings is 1. The van der Waals surface area contributed by atoms with Gasteiger partial charge in [0.15, 0.2) is 0 Å². The van der Waals surface area contributed by atoms with E-state index in [0.717, 1.165) is 0 Å². The monoisotopic (exact) mass is 478 g/mol. The number of rotatable bonds is 2. The van der Waals surface area contributed by atoms with Gasteiger partial charge in [0.25, 0.3) is 0 Å². The van der Waals surface area contributed by atoms with Crippen molar-refractivity contribution >= 4 is 23.4 Å². The fourth-order valence-electron chi connectivity index (χ4n) is 2.69. The Labute approximate surface area is 197 Å². The van der Waals surface area contributed by atoms with E-state index in [1.807, 2.05) is 61.4 Å². The number of hydrogen-bond donors (Lipinski definition) is 0. The second-order valence-corrected chi connectivity index (χ2v) is 8.10. The van der Waals surface area contributed by atoms with Crippen LogP contribution in [0.5, 0.6) is 0 Å². The molecule has 0 spiro atoms. The SMILES string of the molecule is C1=CC(=[P+](c2ccccc2)[c-]2cccc2)C=C1.[CH]1C=CC=C1.[CH]1C=CC=C1.[Fe].[Fe]. The van der Waals surface area contributed by atoms with E-state index in [0.29, 0.717) is 0 Å². The Bertz CT molecular complexity index is 853. The first-order chi connectivity index (χ1) is 13.4. The maximum absolute atomic E-state index is 2.23. The van der Waals surface area contributed by atoms with E-state index >= 15 is 0 Å². The molecule has 1 atom stereocenters. The molecule has 0 heterocycles. The molecular formula is C26H23Fe2P. The van der Waals surface area contributed by atoms with Crippen molar-refractivity contribution in [3.05, 3.63) is 140 Å². The van der Waals surface area contributed by atoms with Gasteiger partial charge in [0.05, 0.1) is 0 Å². The third kappa shape index (κ3) is 8.63. The van der Waals surface area contributed by atoms with Gasteiger partial charge in [-0.05, 0) is 24.3 Å². The zero-order chi connectivity index (χ0) is 18.6. The van der Waals surface area contributed by atoms with Crippen LogP contribution in [-0.4, -0.2) is 5.29 Å². The Kier molecular flexibility index (Phi) is 13.2. The predicted molar refractivity (Wildman–Crippen MR) is 123 cm³/mol. The molecule has 1 unspecified atom stereocenters. The Hall–Kier alpha value is -1.78. The van der Waals surface area contributed by atoms with Crippen LogP contribution in [-0.2, 0) is 34.1 Å². The van der Waals surface area contributed by atoms with Gasteiger partial charge in [0.1, 0.15) is 18.1 Å². The van der Waals surface area contributed by atoms with Gasteiger partial charge in [-0.2, -0.15) is 0 Å². The van der Waals surface area contributed by atoms with E-state index in [2.05, 4.69) is 78.9 Å². The van der Waals surface area contributed by atoms with Gasteiger partial charge in [-0.3, -0.25) is 0 Å². The van der Waals surface area contributed by atoms with Crippen molar-refractivity contribution in [1.29, 1.82) is 0 Å². The van der Waals surface area contributed by atoms with Crippen molar-refractivity contribution in [2.45, 2.75) is 0 Å². The van der Waals surface area contributed by atoms with Gasteiger partial charge >= 0.3 is 0 Å². The molecule has 0 aromatic heterocycles. The summed E-state index contributed by atoms with van der Waals surface area (Å²) in [6, 6.07) is 19.5. The first kappa shape index (κ1) is 25.3. The van der Waals surface area contributed by atoms with Gasteiger partial charge in [-0.15, -0.1) is 12.1 Å². The molecule has 0 saturated carbocycles.